The van der Waals surface area contributed by atoms with Gasteiger partial charge in [0, 0.05) is 11.3 Å². The molecule has 4 aliphatic rings. The van der Waals surface area contributed by atoms with Crippen LogP contribution >= 0.6 is 0 Å². The monoisotopic (exact) mass is 371 g/mol. The van der Waals surface area contributed by atoms with Crippen LogP contribution in [-0.2, 0) is 4.79 Å². The molecular formula is C21H26FN3O2. The number of nitrogens with one attached hydrogen (secondary N) is 2. The predicted octanol–water partition coefficient (Wildman–Crippen LogP) is 3.41. The molecule has 0 spiro atoms. The van der Waals surface area contributed by atoms with Gasteiger partial charge >= 0.3 is 0 Å². The van der Waals surface area contributed by atoms with Crippen LogP contribution in [0.4, 0.5) is 4.39 Å². The molecule has 4 bridgehead atoms. The summed E-state index contributed by atoms with van der Waals surface area (Å²) in [4.78, 5) is 24.5. The molecule has 1 aromatic rings. The molecule has 0 saturated heterocycles. The summed E-state index contributed by atoms with van der Waals surface area (Å²) in [5.41, 5.74) is 2.75. The molecule has 4 aliphatic carbocycles. The zero-order valence-corrected chi connectivity index (χ0v) is 15.6. The van der Waals surface area contributed by atoms with Crippen LogP contribution in [0, 0.1) is 23.6 Å². The number of benzene rings is 1. The third-order valence-electron chi connectivity index (χ3n) is 6.33. The molecule has 0 radical (unpaired) electrons. The fraction of sp³-hybridized carbons (Fsp3) is 0.571. The van der Waals surface area contributed by atoms with Crippen LogP contribution in [0.25, 0.3) is 0 Å². The minimum atomic E-state index is -0.617. The molecule has 5 rings (SSSR count). The standard InChI is InChI=1S/C21H26FN3O2/c1-13(24-25-20(27)17-4-2-3-5-18(17)22)6-19(26)23-21-10-14-7-15(11-21)9-16(8-14)12-21/h2-5,14-16H,6-12H2,1H3,(H,23,26)(H,25,27)/b24-13+. The summed E-state index contributed by atoms with van der Waals surface area (Å²) in [7, 11) is 0. The van der Waals surface area contributed by atoms with Crippen molar-refractivity contribution in [1.29, 1.82) is 0 Å². The second-order valence-electron chi connectivity index (χ2n) is 8.69. The third kappa shape index (κ3) is 3.89. The number of carbonyl (C=O) groups excluding carboxylic acids is 2. The first-order valence-electron chi connectivity index (χ1n) is 9.81. The lowest BCUT2D eigenvalue weighted by Gasteiger charge is -2.56. The van der Waals surface area contributed by atoms with Crippen molar-refractivity contribution in [2.75, 3.05) is 0 Å². The Balaban J connectivity index is 1.32. The van der Waals surface area contributed by atoms with Crippen LogP contribution in [0.5, 0.6) is 0 Å². The van der Waals surface area contributed by atoms with Crippen molar-refractivity contribution in [1.82, 2.24) is 10.7 Å². The molecule has 0 aromatic heterocycles. The molecule has 27 heavy (non-hydrogen) atoms. The Bertz CT molecular complexity index is 754. The van der Waals surface area contributed by atoms with Gasteiger partial charge in [0.2, 0.25) is 5.91 Å². The SMILES string of the molecule is C/C(CC(=O)NC12CC3CC(CC(C3)C1)C2)=N\NC(=O)c1ccccc1F. The van der Waals surface area contributed by atoms with Gasteiger partial charge in [0.05, 0.1) is 12.0 Å². The summed E-state index contributed by atoms with van der Waals surface area (Å²) in [6, 6.07) is 5.74. The first-order chi connectivity index (χ1) is 12.9. The summed E-state index contributed by atoms with van der Waals surface area (Å²) >= 11 is 0. The van der Waals surface area contributed by atoms with E-state index in [1.165, 1.54) is 37.5 Å². The highest BCUT2D eigenvalue weighted by molar-refractivity contribution is 6.01. The normalized spacial score (nSPS) is 31.6. The van der Waals surface area contributed by atoms with Gasteiger partial charge < -0.3 is 5.32 Å². The molecule has 0 heterocycles. The van der Waals surface area contributed by atoms with Crippen LogP contribution in [0.1, 0.15) is 62.2 Å². The number of carbonyl (C=O) groups is 2. The number of amides is 2. The molecule has 2 amide bonds. The fourth-order valence-electron chi connectivity index (χ4n) is 5.73. The number of hydrazone groups is 1. The van der Waals surface area contributed by atoms with Crippen molar-refractivity contribution < 1.29 is 14.0 Å². The van der Waals surface area contributed by atoms with Crippen LogP contribution in [-0.4, -0.2) is 23.1 Å². The maximum absolute atomic E-state index is 13.6. The minimum Gasteiger partial charge on any atom is -0.350 e. The van der Waals surface area contributed by atoms with Crippen LogP contribution in [0.15, 0.2) is 29.4 Å². The number of hydrogen-bond donors (Lipinski definition) is 2. The second kappa shape index (κ2) is 7.06. The van der Waals surface area contributed by atoms with E-state index in [4.69, 9.17) is 0 Å². The van der Waals surface area contributed by atoms with E-state index >= 15 is 0 Å². The summed E-state index contributed by atoms with van der Waals surface area (Å²) < 4.78 is 13.6. The van der Waals surface area contributed by atoms with Crippen molar-refractivity contribution in [2.24, 2.45) is 22.9 Å². The summed E-state index contributed by atoms with van der Waals surface area (Å²) in [5, 5.41) is 7.26. The highest BCUT2D eigenvalue weighted by atomic mass is 19.1. The van der Waals surface area contributed by atoms with Crippen molar-refractivity contribution in [3.05, 3.63) is 35.6 Å². The average molecular weight is 371 g/mol. The van der Waals surface area contributed by atoms with Gasteiger partial charge in [-0.25, -0.2) is 9.82 Å². The fourth-order valence-corrected chi connectivity index (χ4v) is 5.73. The van der Waals surface area contributed by atoms with Gasteiger partial charge in [0.15, 0.2) is 0 Å². The van der Waals surface area contributed by atoms with Gasteiger partial charge in [-0.3, -0.25) is 9.59 Å². The number of nitrogens with zero attached hydrogens (tertiary/aromatic N) is 1. The lowest BCUT2D eigenvalue weighted by molar-refractivity contribution is -0.125. The molecular weight excluding hydrogens is 345 g/mol. The molecule has 2 N–H and O–H groups in total. The number of hydrogen-bond acceptors (Lipinski definition) is 3. The Morgan fingerprint density at radius 1 is 1.11 bits per heavy atom. The number of rotatable bonds is 5. The Morgan fingerprint density at radius 2 is 1.70 bits per heavy atom. The lowest BCUT2D eigenvalue weighted by Crippen LogP contribution is -2.60. The smallest absolute Gasteiger partial charge is 0.274 e. The van der Waals surface area contributed by atoms with E-state index in [0.717, 1.165) is 37.0 Å². The Morgan fingerprint density at radius 3 is 2.30 bits per heavy atom. The molecule has 1 aromatic carbocycles. The van der Waals surface area contributed by atoms with Gasteiger partial charge in [-0.15, -0.1) is 0 Å². The average Bonchev–Trinajstić information content (AvgIpc) is 2.58. The van der Waals surface area contributed by atoms with Gasteiger partial charge in [-0.2, -0.15) is 5.10 Å². The highest BCUT2D eigenvalue weighted by Gasteiger charge is 2.51. The van der Waals surface area contributed by atoms with Gasteiger partial charge in [-0.1, -0.05) is 12.1 Å². The topological polar surface area (TPSA) is 70.6 Å². The molecule has 4 saturated carbocycles. The maximum Gasteiger partial charge on any atom is 0.274 e. The largest absolute Gasteiger partial charge is 0.350 e. The second-order valence-corrected chi connectivity index (χ2v) is 8.69. The Labute approximate surface area is 158 Å². The first kappa shape index (κ1) is 18.1. The highest BCUT2D eigenvalue weighted by Crippen LogP contribution is 2.55. The van der Waals surface area contributed by atoms with E-state index in [1.807, 2.05) is 0 Å². The maximum atomic E-state index is 13.6. The van der Waals surface area contributed by atoms with Gasteiger partial charge in [0.25, 0.3) is 5.91 Å². The van der Waals surface area contributed by atoms with E-state index in [1.54, 1.807) is 13.0 Å². The van der Waals surface area contributed by atoms with Gasteiger partial charge in [0.1, 0.15) is 5.82 Å². The summed E-state index contributed by atoms with van der Waals surface area (Å²) in [5.74, 6) is 1.05. The zero-order valence-electron chi connectivity index (χ0n) is 15.6. The van der Waals surface area contributed by atoms with Crippen LogP contribution < -0.4 is 10.7 Å². The third-order valence-corrected chi connectivity index (χ3v) is 6.33. The van der Waals surface area contributed by atoms with E-state index in [-0.39, 0.29) is 23.4 Å². The molecule has 0 aliphatic heterocycles. The molecule has 0 atom stereocenters. The minimum absolute atomic E-state index is 0.0253. The lowest BCUT2D eigenvalue weighted by atomic mass is 9.53. The van der Waals surface area contributed by atoms with Crippen LogP contribution in [0.3, 0.4) is 0 Å². The van der Waals surface area contributed by atoms with E-state index in [9.17, 15) is 14.0 Å². The summed E-state index contributed by atoms with van der Waals surface area (Å²) in [6.07, 6.45) is 7.44. The molecule has 5 nitrogen and oxygen atoms in total. The zero-order chi connectivity index (χ0) is 19.0. The number of halogens is 1. The van der Waals surface area contributed by atoms with Crippen molar-refractivity contribution >= 4 is 17.5 Å². The van der Waals surface area contributed by atoms with Crippen molar-refractivity contribution in [3.8, 4) is 0 Å². The van der Waals surface area contributed by atoms with Crippen LogP contribution in [0.2, 0.25) is 0 Å². The van der Waals surface area contributed by atoms with E-state index < -0.39 is 11.7 Å². The molecule has 4 fully saturated rings. The summed E-state index contributed by atoms with van der Waals surface area (Å²) in [6.45, 7) is 1.70. The molecule has 144 valence electrons. The Hall–Kier alpha value is -2.24. The predicted molar refractivity (Wildman–Crippen MR) is 101 cm³/mol. The van der Waals surface area contributed by atoms with Crippen molar-refractivity contribution in [3.63, 3.8) is 0 Å². The molecule has 0 unspecified atom stereocenters. The molecule has 6 heteroatoms. The van der Waals surface area contributed by atoms with Gasteiger partial charge in [-0.05, 0) is 75.3 Å². The van der Waals surface area contributed by atoms with E-state index in [2.05, 4.69) is 15.8 Å². The van der Waals surface area contributed by atoms with Crippen molar-refractivity contribution in [2.45, 2.75) is 57.4 Å². The quantitative estimate of drug-likeness (QED) is 0.615. The van der Waals surface area contributed by atoms with E-state index in [0.29, 0.717) is 5.71 Å². The Kier molecular flexibility index (Phi) is 4.74. The first-order valence-corrected chi connectivity index (χ1v) is 9.81.